The quantitative estimate of drug-likeness (QED) is 0.348. The number of nitrogens with zero attached hydrogens (tertiary/aromatic N) is 4. The fourth-order valence-corrected chi connectivity index (χ4v) is 3.98. The van der Waals surface area contributed by atoms with E-state index in [1.165, 1.54) is 25.4 Å². The second-order valence-corrected chi connectivity index (χ2v) is 8.28. The molecule has 0 aliphatic carbocycles. The summed E-state index contributed by atoms with van der Waals surface area (Å²) in [6.45, 7) is 6.16. The van der Waals surface area contributed by atoms with Gasteiger partial charge in [-0.2, -0.15) is 4.98 Å². The number of carbonyl (C=O) groups excluding carboxylic acids is 1. The largest absolute Gasteiger partial charge is 0.491 e. The number of rotatable bonds is 10. The Bertz CT molecular complexity index is 1250. The Hall–Kier alpha value is -4.25. The lowest BCUT2D eigenvalue weighted by molar-refractivity contribution is -0.111. The fourth-order valence-electron chi connectivity index (χ4n) is 3.98. The number of ether oxygens (including phenoxy) is 1. The number of benzene rings is 2. The van der Waals surface area contributed by atoms with Gasteiger partial charge in [-0.15, -0.1) is 0 Å². The van der Waals surface area contributed by atoms with Crippen LogP contribution in [-0.4, -0.2) is 67.3 Å². The van der Waals surface area contributed by atoms with Gasteiger partial charge in [0.15, 0.2) is 11.6 Å². The minimum atomic E-state index is -0.377. The van der Waals surface area contributed by atoms with Gasteiger partial charge in [0.05, 0.1) is 30.4 Å². The Morgan fingerprint density at radius 2 is 1.89 bits per heavy atom. The number of anilines is 6. The smallest absolute Gasteiger partial charge is 0.247 e. The van der Waals surface area contributed by atoms with Gasteiger partial charge in [-0.1, -0.05) is 18.7 Å². The third-order valence-electron chi connectivity index (χ3n) is 5.92. The molecular formula is C26H29F2N7O2. The van der Waals surface area contributed by atoms with E-state index in [0.717, 1.165) is 0 Å². The van der Waals surface area contributed by atoms with E-state index in [1.807, 2.05) is 15.9 Å². The molecule has 0 bridgehead atoms. The molecule has 1 aliphatic heterocycles. The van der Waals surface area contributed by atoms with Gasteiger partial charge >= 0.3 is 0 Å². The molecule has 11 heteroatoms. The molecule has 9 nitrogen and oxygen atoms in total. The molecule has 0 radical (unpaired) electrons. The summed E-state index contributed by atoms with van der Waals surface area (Å²) in [4.78, 5) is 24.5. The maximum atomic E-state index is 15.0. The summed E-state index contributed by atoms with van der Waals surface area (Å²) in [5, 5.41) is 8.91. The highest BCUT2D eigenvalue weighted by Crippen LogP contribution is 2.31. The number of amides is 1. The van der Waals surface area contributed by atoms with E-state index in [4.69, 9.17) is 4.74 Å². The van der Waals surface area contributed by atoms with Crippen molar-refractivity contribution < 1.29 is 18.3 Å². The zero-order valence-electron chi connectivity index (χ0n) is 20.5. The number of methoxy groups -OCH3 is 1. The highest BCUT2D eigenvalue weighted by Gasteiger charge is 2.20. The Morgan fingerprint density at radius 3 is 2.57 bits per heavy atom. The van der Waals surface area contributed by atoms with Crippen molar-refractivity contribution in [3.05, 3.63) is 67.1 Å². The van der Waals surface area contributed by atoms with Crippen LogP contribution >= 0.6 is 0 Å². The normalized spacial score (nSPS) is 13.6. The maximum absolute atomic E-state index is 15.0. The number of alkyl halides is 1. The summed E-state index contributed by atoms with van der Waals surface area (Å²) < 4.78 is 32.9. The van der Waals surface area contributed by atoms with Gasteiger partial charge in [0.1, 0.15) is 12.5 Å². The summed E-state index contributed by atoms with van der Waals surface area (Å²) in [6, 6.07) is 12.0. The zero-order chi connectivity index (χ0) is 26.2. The molecule has 2 heterocycles. The molecule has 0 spiro atoms. The van der Waals surface area contributed by atoms with E-state index in [0.29, 0.717) is 67.0 Å². The minimum absolute atomic E-state index is 0.225. The molecule has 2 aromatic carbocycles. The standard InChI is InChI=1S/C26H29F2N7O2/c1-3-24(36)31-20-6-4-5-7-21(20)32-25-23(37-2)17-29-26(33-25)30-18-8-9-22(19(28)16-18)35-14-12-34(11-10-27)13-15-35/h3-9,16-17H,1,10-15H2,2H3,(H,31,36)(H2,29,30,32,33). The van der Waals surface area contributed by atoms with Gasteiger partial charge in [0, 0.05) is 38.4 Å². The molecule has 1 aromatic heterocycles. The lowest BCUT2D eigenvalue weighted by Gasteiger charge is -2.35. The van der Waals surface area contributed by atoms with Crippen molar-refractivity contribution in [3.63, 3.8) is 0 Å². The minimum Gasteiger partial charge on any atom is -0.491 e. The number of aromatic nitrogens is 2. The van der Waals surface area contributed by atoms with Crippen molar-refractivity contribution in [3.8, 4) is 5.75 Å². The van der Waals surface area contributed by atoms with Crippen LogP contribution in [0.25, 0.3) is 0 Å². The van der Waals surface area contributed by atoms with Gasteiger partial charge in [-0.3, -0.25) is 9.69 Å². The predicted octanol–water partition coefficient (Wildman–Crippen LogP) is 4.33. The highest BCUT2D eigenvalue weighted by molar-refractivity contribution is 6.01. The molecular weight excluding hydrogens is 480 g/mol. The molecule has 0 unspecified atom stereocenters. The number of nitrogens with one attached hydrogen (secondary N) is 3. The number of para-hydroxylation sites is 2. The van der Waals surface area contributed by atoms with Crippen LogP contribution < -0.4 is 25.6 Å². The van der Waals surface area contributed by atoms with Crippen LogP contribution in [0.2, 0.25) is 0 Å². The van der Waals surface area contributed by atoms with Gasteiger partial charge in [-0.25, -0.2) is 13.8 Å². The predicted molar refractivity (Wildman–Crippen MR) is 141 cm³/mol. The second-order valence-electron chi connectivity index (χ2n) is 8.28. The van der Waals surface area contributed by atoms with Crippen LogP contribution in [-0.2, 0) is 4.79 Å². The summed E-state index contributed by atoms with van der Waals surface area (Å²) >= 11 is 0. The molecule has 1 fully saturated rings. The number of piperazine rings is 1. The summed E-state index contributed by atoms with van der Waals surface area (Å²) in [7, 11) is 1.49. The third-order valence-corrected chi connectivity index (χ3v) is 5.92. The van der Waals surface area contributed by atoms with E-state index >= 15 is 0 Å². The van der Waals surface area contributed by atoms with Crippen LogP contribution in [0.1, 0.15) is 0 Å². The Balaban J connectivity index is 1.49. The average molecular weight is 510 g/mol. The lowest BCUT2D eigenvalue weighted by atomic mass is 10.2. The first-order chi connectivity index (χ1) is 18.0. The molecule has 3 aromatic rings. The van der Waals surface area contributed by atoms with Crippen molar-refractivity contribution >= 4 is 40.4 Å². The van der Waals surface area contributed by atoms with E-state index in [9.17, 15) is 13.6 Å². The molecule has 0 saturated carbocycles. The monoisotopic (exact) mass is 509 g/mol. The Kier molecular flexibility index (Phi) is 8.47. The Labute approximate surface area is 214 Å². The maximum Gasteiger partial charge on any atom is 0.247 e. The van der Waals surface area contributed by atoms with Crippen molar-refractivity contribution in [2.45, 2.75) is 0 Å². The molecule has 194 valence electrons. The number of hydrogen-bond donors (Lipinski definition) is 3. The second kappa shape index (κ2) is 12.1. The lowest BCUT2D eigenvalue weighted by Crippen LogP contribution is -2.47. The first-order valence-electron chi connectivity index (χ1n) is 11.8. The molecule has 1 aliphatic rings. The molecule has 37 heavy (non-hydrogen) atoms. The molecule has 3 N–H and O–H groups in total. The van der Waals surface area contributed by atoms with Crippen LogP contribution in [0.3, 0.4) is 0 Å². The highest BCUT2D eigenvalue weighted by atomic mass is 19.1. The number of halogens is 2. The molecule has 4 rings (SSSR count). The summed E-state index contributed by atoms with van der Waals surface area (Å²) in [6.07, 6.45) is 2.67. The average Bonchev–Trinajstić information content (AvgIpc) is 2.91. The first-order valence-corrected chi connectivity index (χ1v) is 11.8. The van der Waals surface area contributed by atoms with Crippen molar-refractivity contribution in [1.82, 2.24) is 14.9 Å². The third kappa shape index (κ3) is 6.50. The van der Waals surface area contributed by atoms with E-state index < -0.39 is 0 Å². The van der Waals surface area contributed by atoms with Gasteiger partial charge in [0.2, 0.25) is 11.9 Å². The molecule has 1 saturated heterocycles. The van der Waals surface area contributed by atoms with Gasteiger partial charge in [0.25, 0.3) is 0 Å². The zero-order valence-corrected chi connectivity index (χ0v) is 20.5. The topological polar surface area (TPSA) is 94.6 Å². The van der Waals surface area contributed by atoms with Crippen LogP contribution in [0.5, 0.6) is 5.75 Å². The molecule has 0 atom stereocenters. The van der Waals surface area contributed by atoms with Crippen LogP contribution in [0.15, 0.2) is 61.3 Å². The van der Waals surface area contributed by atoms with E-state index in [-0.39, 0.29) is 24.3 Å². The number of hydrogen-bond acceptors (Lipinski definition) is 8. The van der Waals surface area contributed by atoms with Gasteiger partial charge in [-0.05, 0) is 36.4 Å². The first kappa shape index (κ1) is 25.8. The van der Waals surface area contributed by atoms with Crippen LogP contribution in [0.4, 0.5) is 43.3 Å². The van der Waals surface area contributed by atoms with Gasteiger partial charge < -0.3 is 25.6 Å². The van der Waals surface area contributed by atoms with Crippen LogP contribution in [0, 0.1) is 5.82 Å². The van der Waals surface area contributed by atoms with Crippen molar-refractivity contribution in [2.75, 3.05) is 67.4 Å². The van der Waals surface area contributed by atoms with Crippen molar-refractivity contribution in [1.29, 1.82) is 0 Å². The van der Waals surface area contributed by atoms with E-state index in [1.54, 1.807) is 30.3 Å². The summed E-state index contributed by atoms with van der Waals surface area (Å²) in [5.74, 6) is 0.233. The van der Waals surface area contributed by atoms with E-state index in [2.05, 4.69) is 32.5 Å². The Morgan fingerprint density at radius 1 is 1.14 bits per heavy atom. The molecule has 1 amide bonds. The SMILES string of the molecule is C=CC(=O)Nc1ccccc1Nc1nc(Nc2ccc(N3CCN(CCF)CC3)c(F)c2)ncc1OC. The fraction of sp³-hybridized carbons (Fsp3) is 0.269. The summed E-state index contributed by atoms with van der Waals surface area (Å²) in [5.41, 5.74) is 2.10. The number of carbonyl (C=O) groups is 1. The van der Waals surface area contributed by atoms with Crippen molar-refractivity contribution in [2.24, 2.45) is 0 Å².